The average molecular weight is 564 g/mol. The number of nitrogens with zero attached hydrogens (tertiary/aromatic N) is 2. The Hall–Kier alpha value is -2.57. The standard InChI is InChI=1S/C21H17IN4O3S2/c1-13(14-6-3-2-4-7-14)23-21(27)16-11-10-15(22)12-18(16)26-31(28,29)19-9-5-8-17-20(19)25-30-24-17/h2-13,26H,1H3,(H,23,27)/t13-/m1/s1. The molecule has 7 nitrogen and oxygen atoms in total. The van der Waals surface area contributed by atoms with Crippen LogP contribution in [-0.4, -0.2) is 23.1 Å². The number of fused-ring (bicyclic) bond motifs is 1. The summed E-state index contributed by atoms with van der Waals surface area (Å²) in [5.74, 6) is -0.376. The minimum Gasteiger partial charge on any atom is -0.345 e. The lowest BCUT2D eigenvalue weighted by molar-refractivity contribution is 0.0941. The molecular weight excluding hydrogens is 547 g/mol. The van der Waals surface area contributed by atoms with Crippen LogP contribution in [0.25, 0.3) is 11.0 Å². The third-order valence-electron chi connectivity index (χ3n) is 4.66. The van der Waals surface area contributed by atoms with Crippen LogP contribution >= 0.6 is 34.3 Å². The number of sulfonamides is 1. The number of aromatic nitrogens is 2. The molecule has 0 bridgehead atoms. The number of hydrogen-bond donors (Lipinski definition) is 2. The summed E-state index contributed by atoms with van der Waals surface area (Å²) in [6, 6.07) is 19.1. The minimum absolute atomic E-state index is 0.0154. The molecule has 0 aliphatic heterocycles. The van der Waals surface area contributed by atoms with Crippen LogP contribution in [0.1, 0.15) is 28.9 Å². The number of amides is 1. The van der Waals surface area contributed by atoms with Gasteiger partial charge < -0.3 is 5.32 Å². The molecule has 0 radical (unpaired) electrons. The highest BCUT2D eigenvalue weighted by Gasteiger charge is 2.23. The molecule has 1 aromatic heterocycles. The molecule has 1 amide bonds. The van der Waals surface area contributed by atoms with E-state index in [1.165, 1.54) is 6.07 Å². The Morgan fingerprint density at radius 2 is 1.81 bits per heavy atom. The van der Waals surface area contributed by atoms with Gasteiger partial charge in [0, 0.05) is 3.57 Å². The topological polar surface area (TPSA) is 101 Å². The number of carbonyl (C=O) groups is 1. The molecule has 31 heavy (non-hydrogen) atoms. The quantitative estimate of drug-likeness (QED) is 0.334. The molecule has 2 N–H and O–H groups in total. The fourth-order valence-electron chi connectivity index (χ4n) is 3.10. The van der Waals surface area contributed by atoms with Crippen LogP contribution < -0.4 is 10.0 Å². The Balaban J connectivity index is 1.65. The van der Waals surface area contributed by atoms with Crippen LogP contribution in [-0.2, 0) is 10.0 Å². The van der Waals surface area contributed by atoms with Crippen LogP contribution in [0.5, 0.6) is 0 Å². The number of anilines is 1. The van der Waals surface area contributed by atoms with E-state index in [-0.39, 0.29) is 28.1 Å². The summed E-state index contributed by atoms with van der Waals surface area (Å²) in [6.07, 6.45) is 0. The van der Waals surface area contributed by atoms with Crippen molar-refractivity contribution in [3.8, 4) is 0 Å². The van der Waals surface area contributed by atoms with Gasteiger partial charge in [0.2, 0.25) is 0 Å². The van der Waals surface area contributed by atoms with Gasteiger partial charge in [-0.25, -0.2) is 8.42 Å². The lowest BCUT2D eigenvalue weighted by Gasteiger charge is -2.17. The van der Waals surface area contributed by atoms with E-state index in [1.807, 2.05) is 37.3 Å². The van der Waals surface area contributed by atoms with Crippen molar-refractivity contribution >= 4 is 67.0 Å². The number of nitrogens with one attached hydrogen (secondary N) is 2. The maximum atomic E-state index is 13.1. The predicted molar refractivity (Wildman–Crippen MR) is 130 cm³/mol. The maximum absolute atomic E-state index is 13.1. The fourth-order valence-corrected chi connectivity index (χ4v) is 5.43. The van der Waals surface area contributed by atoms with E-state index in [0.29, 0.717) is 11.0 Å². The van der Waals surface area contributed by atoms with Crippen molar-refractivity contribution in [1.82, 2.24) is 14.1 Å². The van der Waals surface area contributed by atoms with Crippen molar-refractivity contribution in [2.24, 2.45) is 0 Å². The van der Waals surface area contributed by atoms with Crippen molar-refractivity contribution in [3.63, 3.8) is 0 Å². The number of hydrogen-bond acceptors (Lipinski definition) is 6. The molecular formula is C21H17IN4O3S2. The summed E-state index contributed by atoms with van der Waals surface area (Å²) in [5, 5.41) is 2.93. The zero-order valence-electron chi connectivity index (χ0n) is 16.2. The second-order valence-corrected chi connectivity index (χ2v) is 10.2. The molecule has 0 saturated heterocycles. The van der Waals surface area contributed by atoms with Crippen molar-refractivity contribution in [2.75, 3.05) is 4.72 Å². The number of carbonyl (C=O) groups excluding carboxylic acids is 1. The lowest BCUT2D eigenvalue weighted by atomic mass is 10.1. The normalized spacial score (nSPS) is 12.5. The van der Waals surface area contributed by atoms with Gasteiger partial charge in [-0.15, -0.1) is 0 Å². The highest BCUT2D eigenvalue weighted by atomic mass is 127. The molecule has 0 fully saturated rings. The minimum atomic E-state index is -3.99. The van der Waals surface area contributed by atoms with E-state index in [9.17, 15) is 13.2 Å². The average Bonchev–Trinajstić information content (AvgIpc) is 3.23. The van der Waals surface area contributed by atoms with E-state index >= 15 is 0 Å². The maximum Gasteiger partial charge on any atom is 0.264 e. The van der Waals surface area contributed by atoms with Gasteiger partial charge in [-0.05, 0) is 65.4 Å². The molecule has 158 valence electrons. The summed E-state index contributed by atoms with van der Waals surface area (Å²) < 4.78 is 37.8. The van der Waals surface area contributed by atoms with Crippen LogP contribution in [0.3, 0.4) is 0 Å². The van der Waals surface area contributed by atoms with E-state index < -0.39 is 10.0 Å². The molecule has 0 spiro atoms. The largest absolute Gasteiger partial charge is 0.345 e. The number of benzene rings is 3. The van der Waals surface area contributed by atoms with Gasteiger partial charge in [-0.1, -0.05) is 36.4 Å². The highest BCUT2D eigenvalue weighted by Crippen LogP contribution is 2.27. The van der Waals surface area contributed by atoms with E-state index in [0.717, 1.165) is 20.9 Å². The Kier molecular flexibility index (Phi) is 6.21. The third-order valence-corrected chi connectivity index (χ3v) is 7.27. The molecule has 10 heteroatoms. The van der Waals surface area contributed by atoms with Crippen molar-refractivity contribution in [1.29, 1.82) is 0 Å². The second-order valence-electron chi connectivity index (χ2n) is 6.79. The monoisotopic (exact) mass is 564 g/mol. The van der Waals surface area contributed by atoms with Crippen molar-refractivity contribution < 1.29 is 13.2 Å². The first kappa shape index (κ1) is 21.7. The zero-order valence-corrected chi connectivity index (χ0v) is 20.0. The van der Waals surface area contributed by atoms with Gasteiger partial charge in [-0.3, -0.25) is 9.52 Å². The van der Waals surface area contributed by atoms with Gasteiger partial charge in [0.15, 0.2) is 0 Å². The van der Waals surface area contributed by atoms with Crippen LogP contribution in [0, 0.1) is 3.57 Å². The summed E-state index contributed by atoms with van der Waals surface area (Å²) in [4.78, 5) is 13.0. The summed E-state index contributed by atoms with van der Waals surface area (Å²) in [6.45, 7) is 1.87. The Labute approximate surface area is 197 Å². The second kappa shape index (κ2) is 8.89. The third kappa shape index (κ3) is 4.70. The Morgan fingerprint density at radius 3 is 2.58 bits per heavy atom. The molecule has 3 aromatic carbocycles. The summed E-state index contributed by atoms with van der Waals surface area (Å²) >= 11 is 3.02. The molecule has 0 aliphatic carbocycles. The van der Waals surface area contributed by atoms with Gasteiger partial charge in [0.05, 0.1) is 29.0 Å². The first-order chi connectivity index (χ1) is 14.8. The van der Waals surface area contributed by atoms with E-state index in [2.05, 4.69) is 41.4 Å². The summed E-state index contributed by atoms with van der Waals surface area (Å²) in [7, 11) is -3.99. The Morgan fingerprint density at radius 1 is 1.03 bits per heavy atom. The highest BCUT2D eigenvalue weighted by molar-refractivity contribution is 14.1. The number of halogens is 1. The molecule has 1 heterocycles. The molecule has 4 rings (SSSR count). The van der Waals surface area contributed by atoms with Crippen LogP contribution in [0.2, 0.25) is 0 Å². The fraction of sp³-hybridized carbons (Fsp3) is 0.0952. The zero-order chi connectivity index (χ0) is 22.0. The molecule has 0 unspecified atom stereocenters. The first-order valence-electron chi connectivity index (χ1n) is 9.24. The van der Waals surface area contributed by atoms with E-state index in [4.69, 9.17) is 0 Å². The number of rotatable bonds is 6. The SMILES string of the molecule is C[C@@H](NC(=O)c1ccc(I)cc1NS(=O)(=O)c1cccc2nsnc12)c1ccccc1. The summed E-state index contributed by atoms with van der Waals surface area (Å²) in [5.41, 5.74) is 2.19. The van der Waals surface area contributed by atoms with Gasteiger partial charge in [-0.2, -0.15) is 8.75 Å². The van der Waals surface area contributed by atoms with Crippen LogP contribution in [0.4, 0.5) is 5.69 Å². The molecule has 1 atom stereocenters. The van der Waals surface area contributed by atoms with Gasteiger partial charge in [0.25, 0.3) is 15.9 Å². The lowest BCUT2D eigenvalue weighted by Crippen LogP contribution is -2.28. The van der Waals surface area contributed by atoms with Crippen molar-refractivity contribution in [3.05, 3.63) is 81.4 Å². The predicted octanol–water partition coefficient (Wildman–Crippen LogP) is 4.59. The molecule has 0 aliphatic rings. The molecule has 0 saturated carbocycles. The van der Waals surface area contributed by atoms with Crippen molar-refractivity contribution in [2.45, 2.75) is 17.9 Å². The Bertz CT molecular complexity index is 1360. The van der Waals surface area contributed by atoms with Gasteiger partial charge >= 0.3 is 0 Å². The first-order valence-corrected chi connectivity index (χ1v) is 12.5. The van der Waals surface area contributed by atoms with Gasteiger partial charge in [0.1, 0.15) is 15.9 Å². The smallest absolute Gasteiger partial charge is 0.264 e. The van der Waals surface area contributed by atoms with Crippen LogP contribution in [0.15, 0.2) is 71.6 Å². The molecule has 4 aromatic rings. The van der Waals surface area contributed by atoms with E-state index in [1.54, 1.807) is 30.3 Å².